The molecule has 0 spiro atoms. The van der Waals surface area contributed by atoms with Crippen LogP contribution < -0.4 is 14.8 Å². The summed E-state index contributed by atoms with van der Waals surface area (Å²) >= 11 is 2.82. The Balaban J connectivity index is 1.35. The molecular formula is C23H25N5O3S2. The first kappa shape index (κ1) is 23.1. The van der Waals surface area contributed by atoms with Crippen LogP contribution in [0.3, 0.4) is 0 Å². The summed E-state index contributed by atoms with van der Waals surface area (Å²) < 4.78 is 13.0. The molecule has 0 fully saturated rings. The monoisotopic (exact) mass is 483 g/mol. The van der Waals surface area contributed by atoms with E-state index in [2.05, 4.69) is 21.6 Å². The van der Waals surface area contributed by atoms with E-state index < -0.39 is 0 Å². The van der Waals surface area contributed by atoms with Crippen molar-refractivity contribution >= 4 is 34.0 Å². The van der Waals surface area contributed by atoms with Gasteiger partial charge in [0.25, 0.3) is 0 Å². The highest BCUT2D eigenvalue weighted by molar-refractivity contribution is 7.99. The van der Waals surface area contributed by atoms with Crippen LogP contribution in [0.5, 0.6) is 11.5 Å². The summed E-state index contributed by atoms with van der Waals surface area (Å²) in [4.78, 5) is 13.8. The number of carbonyl (C=O) groups is 1. The molecule has 0 unspecified atom stereocenters. The molecule has 0 radical (unpaired) electrons. The highest BCUT2D eigenvalue weighted by Crippen LogP contribution is 2.37. The Morgan fingerprint density at radius 1 is 1.30 bits per heavy atom. The highest BCUT2D eigenvalue weighted by Gasteiger charge is 2.22. The molecule has 1 N–H and O–H groups in total. The first-order chi connectivity index (χ1) is 16.0. The lowest BCUT2D eigenvalue weighted by molar-refractivity contribution is -0.113. The van der Waals surface area contributed by atoms with E-state index in [0.717, 1.165) is 36.8 Å². The average molecular weight is 484 g/mol. The van der Waals surface area contributed by atoms with Crippen molar-refractivity contribution in [3.8, 4) is 17.6 Å². The molecule has 0 atom stereocenters. The number of benzene rings is 1. The second-order valence-corrected chi connectivity index (χ2v) is 9.81. The standard InChI is InChI=1S/C23H25N5O3S2/c1-14-8-9-17(18(10-14)30-3)31-12-20-26-27-23(28(20)2)32-13-21(29)25-22-16(11-24)15-6-4-5-7-19(15)33-22/h8-10H,4-7,12-13H2,1-3H3,(H,25,29). The van der Waals surface area contributed by atoms with Crippen LogP contribution in [0.4, 0.5) is 5.00 Å². The number of methoxy groups -OCH3 is 1. The number of anilines is 1. The summed E-state index contributed by atoms with van der Waals surface area (Å²) in [6.45, 7) is 2.21. The second kappa shape index (κ2) is 10.3. The predicted octanol–water partition coefficient (Wildman–Crippen LogP) is 4.25. The topological polar surface area (TPSA) is 102 Å². The number of thiophene rings is 1. The summed E-state index contributed by atoms with van der Waals surface area (Å²) in [5.41, 5.74) is 2.82. The number of carbonyl (C=O) groups excluding carboxylic acids is 1. The van der Waals surface area contributed by atoms with E-state index in [9.17, 15) is 10.1 Å². The normalized spacial score (nSPS) is 12.7. The zero-order chi connectivity index (χ0) is 23.4. The predicted molar refractivity (Wildman–Crippen MR) is 128 cm³/mol. The minimum atomic E-state index is -0.166. The Labute approximate surface area is 200 Å². The lowest BCUT2D eigenvalue weighted by atomic mass is 9.96. The lowest BCUT2D eigenvalue weighted by Gasteiger charge is -2.11. The minimum absolute atomic E-state index is 0.166. The molecule has 0 saturated carbocycles. The quantitative estimate of drug-likeness (QED) is 0.478. The van der Waals surface area contributed by atoms with Crippen LogP contribution >= 0.6 is 23.1 Å². The van der Waals surface area contributed by atoms with Crippen molar-refractivity contribution in [1.82, 2.24) is 14.8 Å². The summed E-state index contributed by atoms with van der Waals surface area (Å²) in [5.74, 6) is 1.94. The Morgan fingerprint density at radius 3 is 2.91 bits per heavy atom. The third-order valence-electron chi connectivity index (χ3n) is 5.47. The Hall–Kier alpha value is -3.03. The van der Waals surface area contributed by atoms with Gasteiger partial charge in [0, 0.05) is 11.9 Å². The van der Waals surface area contributed by atoms with Crippen molar-refractivity contribution in [3.63, 3.8) is 0 Å². The van der Waals surface area contributed by atoms with Gasteiger partial charge in [-0.3, -0.25) is 4.79 Å². The number of nitrogens with one attached hydrogen (secondary N) is 1. The van der Waals surface area contributed by atoms with Gasteiger partial charge in [0.05, 0.1) is 18.4 Å². The first-order valence-corrected chi connectivity index (χ1v) is 12.4. The molecule has 1 aromatic carbocycles. The van der Waals surface area contributed by atoms with Crippen LogP contribution in [-0.2, 0) is 31.3 Å². The summed E-state index contributed by atoms with van der Waals surface area (Å²) in [7, 11) is 3.45. The number of ether oxygens (including phenoxy) is 2. The van der Waals surface area contributed by atoms with Crippen LogP contribution in [0, 0.1) is 18.3 Å². The molecule has 33 heavy (non-hydrogen) atoms. The van der Waals surface area contributed by atoms with Gasteiger partial charge in [-0.1, -0.05) is 17.8 Å². The largest absolute Gasteiger partial charge is 0.493 e. The average Bonchev–Trinajstić information content (AvgIpc) is 3.35. The zero-order valence-corrected chi connectivity index (χ0v) is 20.4. The van der Waals surface area contributed by atoms with Gasteiger partial charge in [-0.05, 0) is 55.9 Å². The minimum Gasteiger partial charge on any atom is -0.493 e. The fourth-order valence-electron chi connectivity index (χ4n) is 3.70. The van der Waals surface area contributed by atoms with Gasteiger partial charge in [0.15, 0.2) is 22.5 Å². The second-order valence-electron chi connectivity index (χ2n) is 7.76. The molecule has 1 aliphatic rings. The van der Waals surface area contributed by atoms with Gasteiger partial charge in [-0.25, -0.2) is 0 Å². The molecule has 8 nitrogen and oxygen atoms in total. The molecule has 172 valence electrons. The van der Waals surface area contributed by atoms with Crippen molar-refractivity contribution in [2.24, 2.45) is 7.05 Å². The van der Waals surface area contributed by atoms with Crippen molar-refractivity contribution in [1.29, 1.82) is 5.26 Å². The fourth-order valence-corrected chi connectivity index (χ4v) is 5.68. The third-order valence-corrected chi connectivity index (χ3v) is 7.70. The van der Waals surface area contributed by atoms with Crippen molar-refractivity contribution in [2.45, 2.75) is 44.4 Å². The molecule has 10 heteroatoms. The number of aromatic nitrogens is 3. The Bertz CT molecular complexity index is 1210. The molecule has 0 saturated heterocycles. The number of nitriles is 1. The van der Waals surface area contributed by atoms with Gasteiger partial charge in [-0.2, -0.15) is 5.26 Å². The van der Waals surface area contributed by atoms with Crippen LogP contribution in [0.1, 0.15) is 40.2 Å². The zero-order valence-electron chi connectivity index (χ0n) is 18.8. The summed E-state index contributed by atoms with van der Waals surface area (Å²) in [6.07, 6.45) is 4.13. The maximum Gasteiger partial charge on any atom is 0.235 e. The highest BCUT2D eigenvalue weighted by atomic mass is 32.2. The van der Waals surface area contributed by atoms with Gasteiger partial charge in [-0.15, -0.1) is 21.5 Å². The fraction of sp³-hybridized carbons (Fsp3) is 0.391. The van der Waals surface area contributed by atoms with Crippen molar-refractivity contribution < 1.29 is 14.3 Å². The number of rotatable bonds is 8. The summed E-state index contributed by atoms with van der Waals surface area (Å²) in [5, 5.41) is 22.1. The molecular weight excluding hydrogens is 458 g/mol. The van der Waals surface area contributed by atoms with E-state index in [4.69, 9.17) is 9.47 Å². The molecule has 3 aromatic rings. The van der Waals surface area contributed by atoms with Crippen LogP contribution in [0.15, 0.2) is 23.4 Å². The molecule has 2 aromatic heterocycles. The molecule has 1 aliphatic carbocycles. The number of nitrogens with zero attached hydrogens (tertiary/aromatic N) is 4. The van der Waals surface area contributed by atoms with E-state index in [1.807, 2.05) is 36.7 Å². The van der Waals surface area contributed by atoms with Crippen LogP contribution in [0.2, 0.25) is 0 Å². The SMILES string of the molecule is COc1cc(C)ccc1OCc1nnc(SCC(=O)Nc2sc3c(c2C#N)CCCC3)n1C. The smallest absolute Gasteiger partial charge is 0.235 e. The number of hydrogen-bond donors (Lipinski definition) is 1. The summed E-state index contributed by atoms with van der Waals surface area (Å²) in [6, 6.07) is 8.00. The Kier molecular flexibility index (Phi) is 7.20. The van der Waals surface area contributed by atoms with E-state index in [1.54, 1.807) is 7.11 Å². The number of fused-ring (bicyclic) bond motifs is 1. The van der Waals surface area contributed by atoms with Gasteiger partial charge >= 0.3 is 0 Å². The first-order valence-electron chi connectivity index (χ1n) is 10.6. The van der Waals surface area contributed by atoms with Crippen molar-refractivity contribution in [3.05, 3.63) is 45.6 Å². The van der Waals surface area contributed by atoms with E-state index in [-0.39, 0.29) is 18.3 Å². The number of aryl methyl sites for hydroxylation is 2. The van der Waals surface area contributed by atoms with E-state index in [0.29, 0.717) is 33.0 Å². The number of amides is 1. The molecule has 1 amide bonds. The van der Waals surface area contributed by atoms with Gasteiger partial charge < -0.3 is 19.4 Å². The molecule has 4 rings (SSSR count). The molecule has 2 heterocycles. The van der Waals surface area contributed by atoms with Crippen molar-refractivity contribution in [2.75, 3.05) is 18.2 Å². The number of thioether (sulfide) groups is 1. The van der Waals surface area contributed by atoms with E-state index in [1.165, 1.54) is 28.0 Å². The number of hydrogen-bond acceptors (Lipinski definition) is 8. The van der Waals surface area contributed by atoms with E-state index >= 15 is 0 Å². The van der Waals surface area contributed by atoms with Gasteiger partial charge in [0.2, 0.25) is 5.91 Å². The lowest BCUT2D eigenvalue weighted by Crippen LogP contribution is -2.14. The van der Waals surface area contributed by atoms with Gasteiger partial charge in [0.1, 0.15) is 17.7 Å². The van der Waals surface area contributed by atoms with Crippen LogP contribution in [0.25, 0.3) is 0 Å². The van der Waals surface area contributed by atoms with Crippen LogP contribution in [-0.4, -0.2) is 33.5 Å². The third kappa shape index (κ3) is 5.15. The maximum absolute atomic E-state index is 12.6. The molecule has 0 aliphatic heterocycles. The maximum atomic E-state index is 12.6. The molecule has 0 bridgehead atoms. The Morgan fingerprint density at radius 2 is 2.12 bits per heavy atom.